The van der Waals surface area contributed by atoms with Gasteiger partial charge in [0.15, 0.2) is 0 Å². The van der Waals surface area contributed by atoms with Gasteiger partial charge in [0.2, 0.25) is 11.8 Å². The van der Waals surface area contributed by atoms with Crippen LogP contribution in [0.15, 0.2) is 18.2 Å². The molecular formula is C18H20ClNO4. The summed E-state index contributed by atoms with van der Waals surface area (Å²) in [5.74, 6) is -0.630. The van der Waals surface area contributed by atoms with Gasteiger partial charge in [0, 0.05) is 11.6 Å². The van der Waals surface area contributed by atoms with Crippen LogP contribution in [0.2, 0.25) is 5.02 Å². The number of carbonyl (C=O) groups excluding carboxylic acids is 3. The summed E-state index contributed by atoms with van der Waals surface area (Å²) in [6.45, 7) is 1.89. The number of nitrogens with zero attached hydrogens (tertiary/aromatic N) is 1. The fourth-order valence-corrected chi connectivity index (χ4v) is 3.78. The van der Waals surface area contributed by atoms with Gasteiger partial charge in [0.1, 0.15) is 5.75 Å². The lowest BCUT2D eigenvalue weighted by atomic mass is 9.81. The highest BCUT2D eigenvalue weighted by Crippen LogP contribution is 2.38. The number of benzene rings is 1. The first kappa shape index (κ1) is 17.0. The quantitative estimate of drug-likeness (QED) is 0.476. The fourth-order valence-electron chi connectivity index (χ4n) is 3.56. The van der Waals surface area contributed by atoms with E-state index >= 15 is 0 Å². The summed E-state index contributed by atoms with van der Waals surface area (Å²) in [6, 6.07) is 4.99. The van der Waals surface area contributed by atoms with Gasteiger partial charge in [-0.25, -0.2) is 0 Å². The lowest BCUT2D eigenvalue weighted by Crippen LogP contribution is -2.33. The zero-order valence-corrected chi connectivity index (χ0v) is 14.3. The van der Waals surface area contributed by atoms with Gasteiger partial charge in [0.05, 0.1) is 18.3 Å². The summed E-state index contributed by atoms with van der Waals surface area (Å²) in [6.07, 6.45) is 3.54. The molecule has 5 nitrogen and oxygen atoms in total. The largest absolute Gasteiger partial charge is 0.426 e. The molecular weight excluding hydrogens is 330 g/mol. The molecule has 24 heavy (non-hydrogen) atoms. The van der Waals surface area contributed by atoms with E-state index < -0.39 is 5.97 Å². The van der Waals surface area contributed by atoms with Crippen molar-refractivity contribution in [1.29, 1.82) is 0 Å². The van der Waals surface area contributed by atoms with Crippen LogP contribution >= 0.6 is 11.6 Å². The molecule has 0 spiro atoms. The van der Waals surface area contributed by atoms with Crippen molar-refractivity contribution < 1.29 is 19.1 Å². The fraction of sp³-hybridized carbons (Fsp3) is 0.500. The third-order valence-electron chi connectivity index (χ3n) is 4.83. The maximum absolute atomic E-state index is 12.4. The van der Waals surface area contributed by atoms with E-state index in [1.807, 2.05) is 0 Å². The van der Waals surface area contributed by atoms with E-state index in [9.17, 15) is 14.4 Å². The first-order valence-corrected chi connectivity index (χ1v) is 8.67. The van der Waals surface area contributed by atoms with Crippen molar-refractivity contribution in [2.75, 3.05) is 6.54 Å². The van der Waals surface area contributed by atoms with E-state index in [1.54, 1.807) is 25.1 Å². The van der Waals surface area contributed by atoms with E-state index in [2.05, 4.69) is 0 Å². The first-order chi connectivity index (χ1) is 11.5. The average molecular weight is 350 g/mol. The van der Waals surface area contributed by atoms with Gasteiger partial charge < -0.3 is 4.74 Å². The van der Waals surface area contributed by atoms with Crippen LogP contribution in [0.25, 0.3) is 0 Å². The van der Waals surface area contributed by atoms with E-state index in [0.717, 1.165) is 31.2 Å². The van der Waals surface area contributed by atoms with Gasteiger partial charge in [-0.05, 0) is 43.5 Å². The number of carbonyl (C=O) groups is 3. The Balaban J connectivity index is 1.58. The average Bonchev–Trinajstić information content (AvgIpc) is 2.80. The summed E-state index contributed by atoms with van der Waals surface area (Å²) in [5.41, 5.74) is 0.759. The Kier molecular flexibility index (Phi) is 4.90. The first-order valence-electron chi connectivity index (χ1n) is 8.29. The van der Waals surface area contributed by atoms with Crippen LogP contribution in [-0.2, 0) is 14.4 Å². The molecule has 1 aliphatic heterocycles. The zero-order valence-electron chi connectivity index (χ0n) is 13.6. The van der Waals surface area contributed by atoms with Gasteiger partial charge >= 0.3 is 5.97 Å². The molecule has 6 heteroatoms. The SMILES string of the molecule is Cc1cc(Cl)ccc1OC(=O)CCN1C(=O)C2CCCCC2C1=O. The van der Waals surface area contributed by atoms with Crippen LogP contribution in [0.5, 0.6) is 5.75 Å². The van der Waals surface area contributed by atoms with Crippen LogP contribution in [-0.4, -0.2) is 29.2 Å². The summed E-state index contributed by atoms with van der Waals surface area (Å²) in [4.78, 5) is 38.0. The number of fused-ring (bicyclic) bond motifs is 1. The van der Waals surface area contributed by atoms with Crippen molar-refractivity contribution in [2.24, 2.45) is 11.8 Å². The molecule has 1 aromatic carbocycles. The predicted molar refractivity (Wildman–Crippen MR) is 88.6 cm³/mol. The summed E-state index contributed by atoms with van der Waals surface area (Å²) >= 11 is 5.87. The molecule has 3 rings (SSSR count). The van der Waals surface area contributed by atoms with Gasteiger partial charge in [-0.3, -0.25) is 19.3 Å². The molecule has 0 aromatic heterocycles. The number of amides is 2. The van der Waals surface area contributed by atoms with Crippen molar-refractivity contribution in [3.63, 3.8) is 0 Å². The lowest BCUT2D eigenvalue weighted by molar-refractivity contribution is -0.141. The van der Waals surface area contributed by atoms with Gasteiger partial charge in [0.25, 0.3) is 0 Å². The van der Waals surface area contributed by atoms with Crippen molar-refractivity contribution in [1.82, 2.24) is 4.90 Å². The molecule has 1 aliphatic carbocycles. The smallest absolute Gasteiger partial charge is 0.313 e. The summed E-state index contributed by atoms with van der Waals surface area (Å²) in [7, 11) is 0. The van der Waals surface area contributed by atoms with Crippen molar-refractivity contribution in [3.05, 3.63) is 28.8 Å². The van der Waals surface area contributed by atoms with Crippen molar-refractivity contribution in [3.8, 4) is 5.75 Å². The van der Waals surface area contributed by atoms with Crippen LogP contribution in [0, 0.1) is 18.8 Å². The molecule has 0 bridgehead atoms. The molecule has 1 heterocycles. The normalized spacial score (nSPS) is 23.3. The number of hydrogen-bond acceptors (Lipinski definition) is 4. The number of halogens is 1. The van der Waals surface area contributed by atoms with E-state index in [-0.39, 0.29) is 36.6 Å². The molecule has 1 saturated carbocycles. The molecule has 2 amide bonds. The molecule has 1 aromatic rings. The van der Waals surface area contributed by atoms with Gasteiger partial charge in [-0.2, -0.15) is 0 Å². The van der Waals surface area contributed by atoms with Crippen molar-refractivity contribution >= 4 is 29.4 Å². The number of aryl methyl sites for hydroxylation is 1. The van der Waals surface area contributed by atoms with E-state index in [0.29, 0.717) is 10.8 Å². The lowest BCUT2D eigenvalue weighted by Gasteiger charge is -2.19. The predicted octanol–water partition coefficient (Wildman–Crippen LogP) is 3.12. The number of ether oxygens (including phenoxy) is 1. The molecule has 2 aliphatic rings. The van der Waals surface area contributed by atoms with Gasteiger partial charge in [-0.15, -0.1) is 0 Å². The Labute approximate surface area is 145 Å². The molecule has 2 atom stereocenters. The number of esters is 1. The summed E-state index contributed by atoms with van der Waals surface area (Å²) < 4.78 is 5.30. The van der Waals surface area contributed by atoms with Gasteiger partial charge in [-0.1, -0.05) is 24.4 Å². The molecule has 0 N–H and O–H groups in total. The number of imide groups is 1. The number of hydrogen-bond donors (Lipinski definition) is 0. The molecule has 1 saturated heterocycles. The molecule has 2 fully saturated rings. The second-order valence-corrected chi connectivity index (χ2v) is 6.90. The van der Waals surface area contributed by atoms with E-state index in [4.69, 9.17) is 16.3 Å². The van der Waals surface area contributed by atoms with Crippen LogP contribution in [0.3, 0.4) is 0 Å². The summed E-state index contributed by atoms with van der Waals surface area (Å²) in [5, 5.41) is 0.572. The third-order valence-corrected chi connectivity index (χ3v) is 5.07. The maximum Gasteiger partial charge on any atom is 0.313 e. The Morgan fingerprint density at radius 1 is 1.21 bits per heavy atom. The second-order valence-electron chi connectivity index (χ2n) is 6.46. The minimum absolute atomic E-state index is 0.00101. The Morgan fingerprint density at radius 3 is 2.42 bits per heavy atom. The van der Waals surface area contributed by atoms with Crippen molar-refractivity contribution in [2.45, 2.75) is 39.0 Å². The second kappa shape index (κ2) is 6.93. The Morgan fingerprint density at radius 2 is 1.83 bits per heavy atom. The molecule has 0 radical (unpaired) electrons. The molecule has 128 valence electrons. The maximum atomic E-state index is 12.4. The van der Waals surface area contributed by atoms with E-state index in [1.165, 1.54) is 4.90 Å². The minimum Gasteiger partial charge on any atom is -0.426 e. The highest BCUT2D eigenvalue weighted by molar-refractivity contribution is 6.30. The number of rotatable bonds is 4. The highest BCUT2D eigenvalue weighted by Gasteiger charge is 2.47. The monoisotopic (exact) mass is 349 g/mol. The topological polar surface area (TPSA) is 63.7 Å². The highest BCUT2D eigenvalue weighted by atomic mass is 35.5. The zero-order chi connectivity index (χ0) is 17.3. The molecule has 2 unspecified atom stereocenters. The number of likely N-dealkylation sites (tertiary alicyclic amines) is 1. The van der Waals surface area contributed by atoms with Crippen LogP contribution in [0.1, 0.15) is 37.7 Å². The minimum atomic E-state index is -0.462. The van der Waals surface area contributed by atoms with Crippen LogP contribution in [0.4, 0.5) is 0 Å². The standard InChI is InChI=1S/C18H20ClNO4/c1-11-10-12(19)6-7-15(11)24-16(21)8-9-20-17(22)13-4-2-3-5-14(13)18(20)23/h6-7,10,13-14H,2-5,8-9H2,1H3. The Hall–Kier alpha value is -1.88. The Bertz CT molecular complexity index is 664. The van der Waals surface area contributed by atoms with Crippen LogP contribution < -0.4 is 4.74 Å². The third kappa shape index (κ3) is 3.31.